The van der Waals surface area contributed by atoms with Crippen molar-refractivity contribution >= 4 is 17.3 Å². The fourth-order valence-corrected chi connectivity index (χ4v) is 2.12. The monoisotopic (exact) mass is 286 g/mol. The molecule has 6 nitrogen and oxygen atoms in total. The van der Waals surface area contributed by atoms with Crippen LogP contribution in [0, 0.1) is 0 Å². The molecule has 0 aromatic carbocycles. The number of aromatic nitrogens is 2. The van der Waals surface area contributed by atoms with Crippen molar-refractivity contribution in [3.8, 4) is 0 Å². The summed E-state index contributed by atoms with van der Waals surface area (Å²) in [4.78, 5) is 14.1. The second-order valence-corrected chi connectivity index (χ2v) is 5.14. The van der Waals surface area contributed by atoms with E-state index in [9.17, 15) is 4.79 Å². The second kappa shape index (κ2) is 6.36. The van der Waals surface area contributed by atoms with Crippen molar-refractivity contribution in [2.45, 2.75) is 25.4 Å². The molecule has 0 spiro atoms. The Morgan fingerprint density at radius 2 is 2.37 bits per heavy atom. The molecule has 19 heavy (non-hydrogen) atoms. The Balaban J connectivity index is 1.92. The highest BCUT2D eigenvalue weighted by Crippen LogP contribution is 2.24. The van der Waals surface area contributed by atoms with Crippen LogP contribution >= 0.6 is 11.6 Å². The second-order valence-electron chi connectivity index (χ2n) is 4.76. The van der Waals surface area contributed by atoms with Gasteiger partial charge in [0.05, 0.1) is 25.0 Å². The number of aliphatic hydroxyl groups excluding tert-OH is 1. The Labute approximate surface area is 117 Å². The maximum absolute atomic E-state index is 11.8. The Morgan fingerprint density at radius 1 is 1.63 bits per heavy atom. The molecule has 0 radical (unpaired) electrons. The number of anilines is 1. The zero-order chi connectivity index (χ0) is 13.8. The van der Waals surface area contributed by atoms with E-state index in [1.165, 1.54) is 19.0 Å². The van der Waals surface area contributed by atoms with Crippen molar-refractivity contribution in [1.82, 2.24) is 14.7 Å². The first-order valence-corrected chi connectivity index (χ1v) is 6.82. The third-order valence-corrected chi connectivity index (χ3v) is 3.61. The highest BCUT2D eigenvalue weighted by atomic mass is 35.5. The van der Waals surface area contributed by atoms with Crippen LogP contribution in [0.5, 0.6) is 0 Å². The van der Waals surface area contributed by atoms with Gasteiger partial charge in [0.25, 0.3) is 5.56 Å². The molecular formula is C12H19ClN4O2. The molecule has 1 aliphatic carbocycles. The summed E-state index contributed by atoms with van der Waals surface area (Å²) in [6.07, 6.45) is 4.07. The maximum Gasteiger partial charge on any atom is 0.287 e. The van der Waals surface area contributed by atoms with E-state index in [-0.39, 0.29) is 23.7 Å². The predicted molar refractivity (Wildman–Crippen MR) is 74.7 cm³/mol. The van der Waals surface area contributed by atoms with Gasteiger partial charge in [-0.25, -0.2) is 4.68 Å². The summed E-state index contributed by atoms with van der Waals surface area (Å²) in [5.41, 5.74) is 0.168. The van der Waals surface area contributed by atoms with Crippen molar-refractivity contribution in [3.63, 3.8) is 0 Å². The van der Waals surface area contributed by atoms with Gasteiger partial charge in [-0.1, -0.05) is 11.6 Å². The Hall–Kier alpha value is -1.11. The van der Waals surface area contributed by atoms with Crippen LogP contribution in [0.1, 0.15) is 12.8 Å². The summed E-state index contributed by atoms with van der Waals surface area (Å²) in [7, 11) is 2.10. The molecule has 1 saturated carbocycles. The van der Waals surface area contributed by atoms with Gasteiger partial charge in [0, 0.05) is 19.1 Å². The van der Waals surface area contributed by atoms with Gasteiger partial charge < -0.3 is 15.3 Å². The average molecular weight is 287 g/mol. The van der Waals surface area contributed by atoms with Crippen molar-refractivity contribution in [1.29, 1.82) is 0 Å². The van der Waals surface area contributed by atoms with E-state index in [0.717, 1.165) is 17.8 Å². The Kier molecular flexibility index (Phi) is 4.79. The summed E-state index contributed by atoms with van der Waals surface area (Å²) in [5, 5.41) is 16.0. The third-order valence-electron chi connectivity index (χ3n) is 3.25. The number of aliphatic hydroxyl groups is 1. The molecule has 0 atom stereocenters. The quantitative estimate of drug-likeness (QED) is 0.759. The molecule has 7 heteroatoms. The minimum Gasteiger partial charge on any atom is -0.394 e. The van der Waals surface area contributed by atoms with Gasteiger partial charge in [-0.05, 0) is 19.9 Å². The van der Waals surface area contributed by atoms with Crippen molar-refractivity contribution in [3.05, 3.63) is 21.6 Å². The van der Waals surface area contributed by atoms with E-state index in [2.05, 4.69) is 22.4 Å². The highest BCUT2D eigenvalue weighted by molar-refractivity contribution is 6.32. The van der Waals surface area contributed by atoms with E-state index in [4.69, 9.17) is 16.7 Å². The first-order valence-electron chi connectivity index (χ1n) is 6.44. The highest BCUT2D eigenvalue weighted by Gasteiger charge is 2.25. The van der Waals surface area contributed by atoms with E-state index < -0.39 is 0 Å². The van der Waals surface area contributed by atoms with Crippen molar-refractivity contribution in [2.75, 3.05) is 32.1 Å². The van der Waals surface area contributed by atoms with Gasteiger partial charge in [-0.15, -0.1) is 0 Å². The van der Waals surface area contributed by atoms with Crippen LogP contribution < -0.4 is 10.9 Å². The normalized spacial score (nSPS) is 14.9. The third kappa shape index (κ3) is 3.68. The lowest BCUT2D eigenvalue weighted by atomic mass is 10.4. The first kappa shape index (κ1) is 14.3. The molecule has 0 bridgehead atoms. The van der Waals surface area contributed by atoms with E-state index in [1.807, 2.05) is 0 Å². The van der Waals surface area contributed by atoms with Gasteiger partial charge in [-0.3, -0.25) is 4.79 Å². The predicted octanol–water partition coefficient (Wildman–Crippen LogP) is 0.395. The molecule has 0 saturated heterocycles. The van der Waals surface area contributed by atoms with Gasteiger partial charge in [0.15, 0.2) is 0 Å². The molecular weight excluding hydrogens is 268 g/mol. The lowest BCUT2D eigenvalue weighted by Gasteiger charge is -2.16. The fraction of sp³-hybridized carbons (Fsp3) is 0.667. The Bertz CT molecular complexity index is 487. The molecule has 0 amide bonds. The van der Waals surface area contributed by atoms with Crippen LogP contribution in [0.4, 0.5) is 5.69 Å². The smallest absolute Gasteiger partial charge is 0.287 e. The molecule has 2 N–H and O–H groups in total. The van der Waals surface area contributed by atoms with Gasteiger partial charge in [0.1, 0.15) is 5.02 Å². The van der Waals surface area contributed by atoms with Crippen molar-refractivity contribution < 1.29 is 5.11 Å². The van der Waals surface area contributed by atoms with E-state index in [0.29, 0.717) is 11.7 Å². The molecule has 1 heterocycles. The number of hydrogen-bond acceptors (Lipinski definition) is 5. The van der Waals surface area contributed by atoms with E-state index in [1.54, 1.807) is 0 Å². The molecule has 1 aromatic rings. The topological polar surface area (TPSA) is 70.4 Å². The number of halogens is 1. The number of likely N-dealkylation sites (N-methyl/N-ethyl adjacent to an activating group) is 1. The van der Waals surface area contributed by atoms with Crippen LogP contribution in [0.15, 0.2) is 11.0 Å². The summed E-state index contributed by atoms with van der Waals surface area (Å²) >= 11 is 5.99. The fourth-order valence-electron chi connectivity index (χ4n) is 1.91. The maximum atomic E-state index is 11.8. The lowest BCUT2D eigenvalue weighted by molar-refractivity contribution is 0.266. The Morgan fingerprint density at radius 3 is 3.00 bits per heavy atom. The average Bonchev–Trinajstić information content (AvgIpc) is 3.22. The number of nitrogens with zero attached hydrogens (tertiary/aromatic N) is 3. The van der Waals surface area contributed by atoms with Crippen LogP contribution in [0.3, 0.4) is 0 Å². The summed E-state index contributed by atoms with van der Waals surface area (Å²) < 4.78 is 1.16. The molecule has 0 unspecified atom stereocenters. The number of nitrogens with one attached hydrogen (secondary N) is 1. The summed E-state index contributed by atoms with van der Waals surface area (Å²) in [6, 6.07) is 0.716. The summed E-state index contributed by atoms with van der Waals surface area (Å²) in [6.45, 7) is 1.64. The molecule has 1 fully saturated rings. The first-order chi connectivity index (χ1) is 9.13. The van der Waals surface area contributed by atoms with Crippen LogP contribution in [0.25, 0.3) is 0 Å². The number of rotatable bonds is 7. The van der Waals surface area contributed by atoms with Crippen LogP contribution in [0.2, 0.25) is 5.02 Å². The summed E-state index contributed by atoms with van der Waals surface area (Å²) in [5.74, 6) is 0. The zero-order valence-electron chi connectivity index (χ0n) is 11.0. The largest absolute Gasteiger partial charge is 0.394 e. The van der Waals surface area contributed by atoms with Crippen LogP contribution in [-0.2, 0) is 6.54 Å². The zero-order valence-corrected chi connectivity index (χ0v) is 11.7. The SMILES string of the molecule is CN(CCNc1cnn(CCO)c(=O)c1Cl)C1CC1. The number of hydrogen-bond donors (Lipinski definition) is 2. The molecule has 2 rings (SSSR count). The van der Waals surface area contributed by atoms with Gasteiger partial charge in [0.2, 0.25) is 0 Å². The minimum atomic E-state index is -0.378. The standard InChI is InChI=1S/C12H19ClN4O2/c1-16(9-2-3-9)5-4-14-10-8-15-17(6-7-18)12(19)11(10)13/h8-9,14,18H,2-7H2,1H3. The van der Waals surface area contributed by atoms with Crippen molar-refractivity contribution in [2.24, 2.45) is 0 Å². The van der Waals surface area contributed by atoms with Gasteiger partial charge in [-0.2, -0.15) is 5.10 Å². The minimum absolute atomic E-state index is 0.123. The van der Waals surface area contributed by atoms with Gasteiger partial charge >= 0.3 is 0 Å². The lowest BCUT2D eigenvalue weighted by Crippen LogP contribution is -2.29. The van der Waals surface area contributed by atoms with E-state index >= 15 is 0 Å². The molecule has 1 aromatic heterocycles. The molecule has 0 aliphatic heterocycles. The van der Waals surface area contributed by atoms with Crippen LogP contribution in [-0.4, -0.2) is 52.6 Å². The molecule has 106 valence electrons. The molecule has 1 aliphatic rings.